The first-order chi connectivity index (χ1) is 8.52. The van der Waals surface area contributed by atoms with Crippen LogP contribution < -0.4 is 5.32 Å². The summed E-state index contributed by atoms with van der Waals surface area (Å²) in [7, 11) is 0. The van der Waals surface area contributed by atoms with Crippen LogP contribution in [0.15, 0.2) is 22.7 Å². The Morgan fingerprint density at radius 1 is 1.28 bits per heavy atom. The van der Waals surface area contributed by atoms with Crippen LogP contribution in [0.3, 0.4) is 0 Å². The zero-order valence-electron chi connectivity index (χ0n) is 11.3. The molecule has 1 N–H and O–H groups in total. The van der Waals surface area contributed by atoms with Crippen LogP contribution in [0.2, 0.25) is 0 Å². The van der Waals surface area contributed by atoms with Crippen molar-refractivity contribution in [1.82, 2.24) is 4.98 Å². The summed E-state index contributed by atoms with van der Waals surface area (Å²) >= 11 is 3.60. The maximum Gasteiger partial charge on any atom is 0.130 e. The van der Waals surface area contributed by atoms with Crippen molar-refractivity contribution in [2.24, 2.45) is 0 Å². The lowest BCUT2D eigenvalue weighted by molar-refractivity contribution is 0.861. The Hall–Kier alpha value is -1.09. The zero-order valence-corrected chi connectivity index (χ0v) is 12.9. The molecule has 0 saturated carbocycles. The number of halogens is 1. The van der Waals surface area contributed by atoms with E-state index in [1.807, 2.05) is 0 Å². The van der Waals surface area contributed by atoms with Gasteiger partial charge in [-0.25, -0.2) is 4.98 Å². The molecular formula is C15H19BrN2. The van der Waals surface area contributed by atoms with Crippen molar-refractivity contribution in [3.8, 4) is 0 Å². The van der Waals surface area contributed by atoms with Crippen LogP contribution >= 0.6 is 15.9 Å². The summed E-state index contributed by atoms with van der Waals surface area (Å²) in [5.74, 6) is 1.47. The Morgan fingerprint density at radius 3 is 2.61 bits per heavy atom. The maximum absolute atomic E-state index is 4.77. The third-order valence-corrected chi connectivity index (χ3v) is 3.62. The minimum Gasteiger partial charge on any atom is -0.370 e. The Labute approximate surface area is 117 Å². The van der Waals surface area contributed by atoms with Crippen molar-refractivity contribution in [2.75, 3.05) is 11.9 Å². The summed E-state index contributed by atoms with van der Waals surface area (Å²) in [6.45, 7) is 9.50. The fraction of sp³-hybridized carbons (Fsp3) is 0.400. The van der Waals surface area contributed by atoms with Gasteiger partial charge in [0.25, 0.3) is 0 Å². The van der Waals surface area contributed by atoms with Crippen LogP contribution in [0.5, 0.6) is 0 Å². The fourth-order valence-electron chi connectivity index (χ4n) is 2.15. The molecular weight excluding hydrogens is 288 g/mol. The normalized spacial score (nSPS) is 11.2. The molecule has 0 spiro atoms. The SMILES string of the molecule is CCNc1nc2c(Br)cc(C)cc2cc1C(C)C. The van der Waals surface area contributed by atoms with Gasteiger partial charge in [-0.3, -0.25) is 0 Å². The van der Waals surface area contributed by atoms with E-state index >= 15 is 0 Å². The third kappa shape index (κ3) is 2.51. The number of benzene rings is 1. The number of anilines is 1. The first kappa shape index (κ1) is 13.3. The Balaban J connectivity index is 2.72. The molecule has 2 aromatic rings. The van der Waals surface area contributed by atoms with Crippen molar-refractivity contribution in [3.05, 3.63) is 33.8 Å². The van der Waals surface area contributed by atoms with Crippen molar-refractivity contribution < 1.29 is 0 Å². The molecule has 0 radical (unpaired) electrons. The van der Waals surface area contributed by atoms with Crippen molar-refractivity contribution in [2.45, 2.75) is 33.6 Å². The van der Waals surface area contributed by atoms with Gasteiger partial charge in [-0.1, -0.05) is 13.8 Å². The molecule has 1 heterocycles. The highest BCUT2D eigenvalue weighted by Crippen LogP contribution is 2.31. The molecule has 0 atom stereocenters. The summed E-state index contributed by atoms with van der Waals surface area (Å²) in [6.07, 6.45) is 0. The quantitative estimate of drug-likeness (QED) is 0.876. The molecule has 2 nitrogen and oxygen atoms in total. The minimum absolute atomic E-state index is 0.468. The van der Waals surface area contributed by atoms with Crippen molar-refractivity contribution in [3.63, 3.8) is 0 Å². The molecule has 0 aliphatic carbocycles. The van der Waals surface area contributed by atoms with E-state index in [9.17, 15) is 0 Å². The van der Waals surface area contributed by atoms with E-state index in [0.29, 0.717) is 5.92 Å². The van der Waals surface area contributed by atoms with Gasteiger partial charge in [-0.05, 0) is 65.0 Å². The monoisotopic (exact) mass is 306 g/mol. The smallest absolute Gasteiger partial charge is 0.130 e. The molecule has 0 fully saturated rings. The number of nitrogens with zero attached hydrogens (tertiary/aromatic N) is 1. The van der Waals surface area contributed by atoms with Gasteiger partial charge < -0.3 is 5.32 Å². The Bertz CT molecular complexity index is 576. The van der Waals surface area contributed by atoms with Crippen LogP contribution in [-0.4, -0.2) is 11.5 Å². The lowest BCUT2D eigenvalue weighted by atomic mass is 10.0. The summed E-state index contributed by atoms with van der Waals surface area (Å²) in [6, 6.07) is 6.55. The predicted molar refractivity (Wildman–Crippen MR) is 82.4 cm³/mol. The summed E-state index contributed by atoms with van der Waals surface area (Å²) in [5.41, 5.74) is 3.56. The molecule has 2 rings (SSSR count). The van der Waals surface area contributed by atoms with E-state index in [1.54, 1.807) is 0 Å². The molecule has 96 valence electrons. The molecule has 0 amide bonds. The molecule has 3 heteroatoms. The van der Waals surface area contributed by atoms with E-state index in [0.717, 1.165) is 22.4 Å². The average molecular weight is 307 g/mol. The molecule has 0 unspecified atom stereocenters. The number of rotatable bonds is 3. The lowest BCUT2D eigenvalue weighted by Gasteiger charge is -2.15. The maximum atomic E-state index is 4.77. The molecule has 0 bridgehead atoms. The van der Waals surface area contributed by atoms with E-state index in [2.05, 4.69) is 67.1 Å². The van der Waals surface area contributed by atoms with Crippen LogP contribution in [0.1, 0.15) is 37.8 Å². The van der Waals surface area contributed by atoms with E-state index in [4.69, 9.17) is 4.98 Å². The Morgan fingerprint density at radius 2 is 2.00 bits per heavy atom. The van der Waals surface area contributed by atoms with Gasteiger partial charge in [0.2, 0.25) is 0 Å². The van der Waals surface area contributed by atoms with Crippen molar-refractivity contribution in [1.29, 1.82) is 0 Å². The van der Waals surface area contributed by atoms with E-state index in [1.165, 1.54) is 16.5 Å². The van der Waals surface area contributed by atoms with Gasteiger partial charge in [0.1, 0.15) is 5.82 Å². The lowest BCUT2D eigenvalue weighted by Crippen LogP contribution is -2.05. The largest absolute Gasteiger partial charge is 0.370 e. The van der Waals surface area contributed by atoms with Crippen LogP contribution in [-0.2, 0) is 0 Å². The number of nitrogens with one attached hydrogen (secondary N) is 1. The molecule has 0 aliphatic rings. The second kappa shape index (κ2) is 5.27. The third-order valence-electron chi connectivity index (χ3n) is 3.01. The number of pyridine rings is 1. The zero-order chi connectivity index (χ0) is 13.3. The standard InChI is InChI=1S/C15H19BrN2/c1-5-17-15-12(9(2)3)8-11-6-10(4)7-13(16)14(11)18-15/h6-9H,5H2,1-4H3,(H,17,18). The van der Waals surface area contributed by atoms with Gasteiger partial charge in [-0.15, -0.1) is 0 Å². The van der Waals surface area contributed by atoms with E-state index in [-0.39, 0.29) is 0 Å². The molecule has 1 aromatic carbocycles. The molecule has 0 aliphatic heterocycles. The highest BCUT2D eigenvalue weighted by molar-refractivity contribution is 9.10. The number of hydrogen-bond acceptors (Lipinski definition) is 2. The van der Waals surface area contributed by atoms with Gasteiger partial charge in [0, 0.05) is 16.4 Å². The number of hydrogen-bond donors (Lipinski definition) is 1. The highest BCUT2D eigenvalue weighted by atomic mass is 79.9. The van der Waals surface area contributed by atoms with Crippen molar-refractivity contribution >= 4 is 32.7 Å². The average Bonchev–Trinajstić information content (AvgIpc) is 2.29. The van der Waals surface area contributed by atoms with E-state index < -0.39 is 0 Å². The number of aryl methyl sites for hydroxylation is 1. The second-order valence-corrected chi connectivity index (χ2v) is 5.78. The Kier molecular flexibility index (Phi) is 3.91. The van der Waals surface area contributed by atoms with Crippen LogP contribution in [0, 0.1) is 6.92 Å². The molecule has 1 aromatic heterocycles. The highest BCUT2D eigenvalue weighted by Gasteiger charge is 2.11. The second-order valence-electron chi connectivity index (χ2n) is 4.93. The number of aromatic nitrogens is 1. The predicted octanol–water partition coefficient (Wildman–Crippen LogP) is 4.86. The topological polar surface area (TPSA) is 24.9 Å². The summed E-state index contributed by atoms with van der Waals surface area (Å²) in [4.78, 5) is 4.77. The number of fused-ring (bicyclic) bond motifs is 1. The van der Waals surface area contributed by atoms with Gasteiger partial charge in [0.15, 0.2) is 0 Å². The van der Waals surface area contributed by atoms with Gasteiger partial charge >= 0.3 is 0 Å². The summed E-state index contributed by atoms with van der Waals surface area (Å²) in [5, 5.41) is 4.56. The van der Waals surface area contributed by atoms with Gasteiger partial charge in [-0.2, -0.15) is 0 Å². The molecule has 18 heavy (non-hydrogen) atoms. The first-order valence-electron chi connectivity index (χ1n) is 6.37. The first-order valence-corrected chi connectivity index (χ1v) is 7.17. The van der Waals surface area contributed by atoms with Gasteiger partial charge in [0.05, 0.1) is 5.52 Å². The molecule has 0 saturated heterocycles. The van der Waals surface area contributed by atoms with Crippen LogP contribution in [0.25, 0.3) is 10.9 Å². The minimum atomic E-state index is 0.468. The summed E-state index contributed by atoms with van der Waals surface area (Å²) < 4.78 is 1.06. The fourth-order valence-corrected chi connectivity index (χ4v) is 2.83. The van der Waals surface area contributed by atoms with Crippen LogP contribution in [0.4, 0.5) is 5.82 Å².